The average molecular weight is 462 g/mol. The molecular weight excluding hydrogens is 446 g/mol. The Morgan fingerprint density at radius 3 is 2.56 bits per heavy atom. The molecule has 8 heteroatoms. The quantitative estimate of drug-likeness (QED) is 0.495. The first-order valence-corrected chi connectivity index (χ1v) is 10.8. The van der Waals surface area contributed by atoms with Gasteiger partial charge in [0.25, 0.3) is 11.5 Å². The highest BCUT2D eigenvalue weighted by atomic mass is 35.5. The number of furan rings is 1. The highest BCUT2D eigenvalue weighted by Crippen LogP contribution is 2.15. The van der Waals surface area contributed by atoms with E-state index in [9.17, 15) is 14.9 Å². The Morgan fingerprint density at radius 1 is 1.12 bits per heavy atom. The van der Waals surface area contributed by atoms with Gasteiger partial charge in [0.15, 0.2) is 5.57 Å². The number of carbonyl (C=O) groups is 1. The first-order valence-electron chi connectivity index (χ1n) is 9.57. The molecule has 2 heterocycles. The molecule has 0 radical (unpaired) electrons. The number of carbonyl (C=O) groups excluding carboxylic acids is 1. The molecule has 0 spiro atoms. The number of nitriles is 1. The number of aromatic nitrogens is 1. The summed E-state index contributed by atoms with van der Waals surface area (Å²) in [6, 6.07) is 21.4. The van der Waals surface area contributed by atoms with E-state index in [2.05, 4.69) is 5.32 Å². The summed E-state index contributed by atoms with van der Waals surface area (Å²) in [5, 5.41) is 13.0. The van der Waals surface area contributed by atoms with Gasteiger partial charge in [0.1, 0.15) is 16.5 Å². The zero-order valence-corrected chi connectivity index (χ0v) is 18.2. The first kappa shape index (κ1) is 21.4. The van der Waals surface area contributed by atoms with Gasteiger partial charge in [-0.25, -0.2) is 0 Å². The molecule has 0 bridgehead atoms. The van der Waals surface area contributed by atoms with Gasteiger partial charge >= 0.3 is 0 Å². The van der Waals surface area contributed by atoms with E-state index in [1.54, 1.807) is 60.7 Å². The minimum absolute atomic E-state index is 0.122. The van der Waals surface area contributed by atoms with Crippen LogP contribution in [0.15, 0.2) is 82.2 Å². The second-order valence-corrected chi connectivity index (χ2v) is 8.10. The maximum atomic E-state index is 13.3. The van der Waals surface area contributed by atoms with Crippen molar-refractivity contribution >= 4 is 40.5 Å². The molecule has 0 fully saturated rings. The van der Waals surface area contributed by atoms with E-state index in [0.29, 0.717) is 26.6 Å². The second-order valence-electron chi connectivity index (χ2n) is 6.66. The van der Waals surface area contributed by atoms with E-state index in [1.165, 1.54) is 10.8 Å². The summed E-state index contributed by atoms with van der Waals surface area (Å²) in [6.07, 6.45) is 3.16. The maximum absolute atomic E-state index is 13.3. The Bertz CT molecular complexity index is 1480. The van der Waals surface area contributed by atoms with Gasteiger partial charge in [-0.1, -0.05) is 48.0 Å². The molecule has 1 N–H and O–H groups in total. The van der Waals surface area contributed by atoms with Crippen LogP contribution in [-0.2, 0) is 11.3 Å². The lowest BCUT2D eigenvalue weighted by Gasteiger charge is -2.04. The monoisotopic (exact) mass is 461 g/mol. The van der Waals surface area contributed by atoms with Crippen molar-refractivity contribution in [3.63, 3.8) is 0 Å². The minimum atomic E-state index is -0.598. The molecule has 0 unspecified atom stereocenters. The number of nitrogens with one attached hydrogen (secondary N) is 1. The number of nitrogens with zero attached hydrogens (tertiary/aromatic N) is 2. The van der Waals surface area contributed by atoms with Crippen molar-refractivity contribution in [2.75, 3.05) is 0 Å². The highest BCUT2D eigenvalue weighted by Gasteiger charge is 2.17. The van der Waals surface area contributed by atoms with E-state index >= 15 is 0 Å². The lowest BCUT2D eigenvalue weighted by molar-refractivity contribution is -0.115. The van der Waals surface area contributed by atoms with Crippen molar-refractivity contribution in [3.8, 4) is 11.8 Å². The summed E-state index contributed by atoms with van der Waals surface area (Å²) >= 11 is 7.32. The minimum Gasteiger partial charge on any atom is -0.467 e. The molecule has 0 aliphatic carbocycles. The number of para-hydroxylation sites is 1. The molecule has 6 nitrogen and oxygen atoms in total. The van der Waals surface area contributed by atoms with Crippen LogP contribution in [0.25, 0.3) is 17.3 Å². The fourth-order valence-corrected chi connectivity index (χ4v) is 4.34. The molecule has 0 aliphatic rings. The number of hydrogen-bond donors (Lipinski definition) is 1. The fourth-order valence-electron chi connectivity index (χ4n) is 3.06. The van der Waals surface area contributed by atoms with E-state index < -0.39 is 5.91 Å². The Balaban J connectivity index is 1.92. The number of hydrogen-bond acceptors (Lipinski definition) is 5. The van der Waals surface area contributed by atoms with E-state index in [-0.39, 0.29) is 22.3 Å². The van der Waals surface area contributed by atoms with Gasteiger partial charge in [0, 0.05) is 5.02 Å². The lowest BCUT2D eigenvalue weighted by atomic mass is 10.2. The molecule has 4 aromatic rings. The summed E-state index contributed by atoms with van der Waals surface area (Å²) in [6.45, 7) is 0.122. The molecular formula is C24H16ClN3O3S. The van der Waals surface area contributed by atoms with Crippen LogP contribution in [0.3, 0.4) is 0 Å². The summed E-state index contributed by atoms with van der Waals surface area (Å²) in [5.41, 5.74) is 0.707. The van der Waals surface area contributed by atoms with Gasteiger partial charge in [-0.15, -0.1) is 11.3 Å². The third-order valence-corrected chi connectivity index (χ3v) is 6.02. The number of benzene rings is 2. The van der Waals surface area contributed by atoms with Crippen LogP contribution in [0.5, 0.6) is 0 Å². The first-order chi connectivity index (χ1) is 15.6. The van der Waals surface area contributed by atoms with Gasteiger partial charge in [0.05, 0.1) is 23.0 Å². The molecule has 158 valence electrons. The van der Waals surface area contributed by atoms with Crippen molar-refractivity contribution in [1.82, 2.24) is 9.88 Å². The van der Waals surface area contributed by atoms with E-state index in [0.717, 1.165) is 11.3 Å². The standard InChI is InChI=1S/C24H16ClN3O3S/c25-20-11-5-4-7-16(20)13-21-23(30)28(17-8-2-1-3-9-17)24(32-21)19(14-26)22(29)27-15-18-10-6-12-31-18/h1-13H,15H2,(H,27,29). The maximum Gasteiger partial charge on any atom is 0.273 e. The van der Waals surface area contributed by atoms with Crippen LogP contribution in [0.4, 0.5) is 0 Å². The van der Waals surface area contributed by atoms with E-state index in [4.69, 9.17) is 16.0 Å². The average Bonchev–Trinajstić information content (AvgIpc) is 3.43. The molecule has 32 heavy (non-hydrogen) atoms. The van der Waals surface area contributed by atoms with Crippen molar-refractivity contribution in [1.29, 1.82) is 5.26 Å². The largest absolute Gasteiger partial charge is 0.467 e. The van der Waals surface area contributed by atoms with Gasteiger partial charge < -0.3 is 9.73 Å². The number of thiazole rings is 1. The highest BCUT2D eigenvalue weighted by molar-refractivity contribution is 7.07. The fraction of sp³-hybridized carbons (Fsp3) is 0.0417. The Morgan fingerprint density at radius 2 is 1.88 bits per heavy atom. The molecule has 1 amide bonds. The molecule has 2 aromatic heterocycles. The van der Waals surface area contributed by atoms with Crippen molar-refractivity contribution < 1.29 is 9.21 Å². The summed E-state index contributed by atoms with van der Waals surface area (Å²) in [4.78, 5) is 26.2. The second kappa shape index (κ2) is 9.52. The molecule has 0 aliphatic heterocycles. The Hall–Kier alpha value is -3.86. The zero-order chi connectivity index (χ0) is 22.5. The summed E-state index contributed by atoms with van der Waals surface area (Å²) in [7, 11) is 0. The number of amides is 1. The Kier molecular flexibility index (Phi) is 6.36. The number of halogens is 1. The summed E-state index contributed by atoms with van der Waals surface area (Å²) in [5.74, 6) is -0.0471. The molecule has 4 rings (SSSR count). The smallest absolute Gasteiger partial charge is 0.273 e. The van der Waals surface area contributed by atoms with Crippen LogP contribution in [0, 0.1) is 11.3 Å². The van der Waals surface area contributed by atoms with E-state index in [1.807, 2.05) is 18.2 Å². The predicted molar refractivity (Wildman–Crippen MR) is 124 cm³/mol. The lowest BCUT2D eigenvalue weighted by Crippen LogP contribution is -2.33. The topological polar surface area (TPSA) is 88.0 Å². The normalized spacial score (nSPS) is 12.3. The molecule has 0 saturated heterocycles. The SMILES string of the molecule is N#CC(C(=O)NCc1ccco1)=c1sc(=Cc2ccccc2Cl)c(=O)n1-c1ccccc1. The zero-order valence-electron chi connectivity index (χ0n) is 16.6. The van der Waals surface area contributed by atoms with Gasteiger partial charge in [-0.05, 0) is 42.0 Å². The summed E-state index contributed by atoms with van der Waals surface area (Å²) < 4.78 is 7.18. The Labute approximate surface area is 191 Å². The van der Waals surface area contributed by atoms with Crippen LogP contribution in [0.1, 0.15) is 11.3 Å². The third kappa shape index (κ3) is 4.42. The van der Waals surface area contributed by atoms with Crippen LogP contribution in [0.2, 0.25) is 5.02 Å². The third-order valence-electron chi connectivity index (χ3n) is 4.59. The van der Waals surface area contributed by atoms with Gasteiger partial charge in [0.2, 0.25) is 0 Å². The van der Waals surface area contributed by atoms with Crippen molar-refractivity contribution in [2.24, 2.45) is 0 Å². The van der Waals surface area contributed by atoms with Crippen molar-refractivity contribution in [2.45, 2.75) is 6.54 Å². The number of rotatable bonds is 5. The van der Waals surface area contributed by atoms with Crippen LogP contribution in [-0.4, -0.2) is 10.5 Å². The van der Waals surface area contributed by atoms with Gasteiger partial charge in [-0.3, -0.25) is 14.2 Å². The van der Waals surface area contributed by atoms with Crippen molar-refractivity contribution in [3.05, 3.63) is 109 Å². The van der Waals surface area contributed by atoms with Gasteiger partial charge in [-0.2, -0.15) is 5.26 Å². The molecule has 0 atom stereocenters. The molecule has 2 aromatic carbocycles. The van der Waals surface area contributed by atoms with Crippen LogP contribution < -0.4 is 20.1 Å². The van der Waals surface area contributed by atoms with Crippen LogP contribution >= 0.6 is 22.9 Å². The molecule has 0 saturated carbocycles. The predicted octanol–water partition coefficient (Wildman–Crippen LogP) is 2.96.